The Morgan fingerprint density at radius 3 is 1.10 bits per heavy atom. The largest absolute Gasteiger partial charge is 0.394 e. The second-order valence-corrected chi connectivity index (χ2v) is 28.1. The molecule has 3 aliphatic heterocycles. The summed E-state index contributed by atoms with van der Waals surface area (Å²) >= 11 is 0. The van der Waals surface area contributed by atoms with Crippen LogP contribution in [-0.4, -0.2) is 193 Å². The lowest BCUT2D eigenvalue weighted by Crippen LogP contribution is -2.66. The zero-order valence-electron chi connectivity index (χ0n) is 61.0. The minimum atomic E-state index is -1.98. The van der Waals surface area contributed by atoms with Crippen molar-refractivity contribution in [1.29, 1.82) is 0 Å². The first-order valence-electron chi connectivity index (χ1n) is 39.5. The third-order valence-electron chi connectivity index (χ3n) is 19.6. The van der Waals surface area contributed by atoms with Gasteiger partial charge in [0.1, 0.15) is 73.2 Å². The van der Waals surface area contributed by atoms with Crippen molar-refractivity contribution in [3.63, 3.8) is 0 Å². The molecule has 0 bridgehead atoms. The van der Waals surface area contributed by atoms with Gasteiger partial charge in [-0.3, -0.25) is 4.79 Å². The van der Waals surface area contributed by atoms with Gasteiger partial charge < -0.3 is 89.9 Å². The molecule has 0 saturated carbocycles. The summed E-state index contributed by atoms with van der Waals surface area (Å²) in [4.78, 5) is 13.5. The van der Waals surface area contributed by atoms with E-state index in [1.54, 1.807) is 6.08 Å². The highest BCUT2D eigenvalue weighted by Gasteiger charge is 2.53. The number of hydrogen-bond donors (Lipinski definition) is 12. The van der Waals surface area contributed by atoms with E-state index in [4.69, 9.17) is 28.4 Å². The summed E-state index contributed by atoms with van der Waals surface area (Å²) in [5, 5.41) is 121. The molecule has 0 aromatic heterocycles. The lowest BCUT2D eigenvalue weighted by Gasteiger charge is -2.48. The van der Waals surface area contributed by atoms with Crippen LogP contribution in [0.1, 0.15) is 303 Å². The average molecular weight is 1400 g/mol. The van der Waals surface area contributed by atoms with E-state index in [-0.39, 0.29) is 18.9 Å². The molecule has 3 saturated heterocycles. The van der Waals surface area contributed by atoms with Crippen molar-refractivity contribution in [2.75, 3.05) is 26.4 Å². The van der Waals surface area contributed by atoms with Gasteiger partial charge in [-0.25, -0.2) is 0 Å². The Kier molecular flexibility index (Phi) is 54.8. The number of unbranched alkanes of at least 4 members (excludes halogenated alkanes) is 38. The van der Waals surface area contributed by atoms with E-state index in [1.165, 1.54) is 205 Å². The Bertz CT molecular complexity index is 2010. The first kappa shape index (κ1) is 89.7. The van der Waals surface area contributed by atoms with Crippen LogP contribution in [-0.2, 0) is 33.2 Å². The fourth-order valence-electron chi connectivity index (χ4n) is 13.2. The number of aliphatic hydroxyl groups is 11. The molecule has 98 heavy (non-hydrogen) atoms. The quantitative estimate of drug-likeness (QED) is 0.0199. The fourth-order valence-corrected chi connectivity index (χ4v) is 13.2. The summed E-state index contributed by atoms with van der Waals surface area (Å²) in [6, 6.07) is -0.976. The van der Waals surface area contributed by atoms with Crippen LogP contribution in [0.2, 0.25) is 0 Å². The van der Waals surface area contributed by atoms with Crippen molar-refractivity contribution >= 4 is 5.91 Å². The van der Waals surface area contributed by atoms with Crippen molar-refractivity contribution in [1.82, 2.24) is 5.32 Å². The van der Waals surface area contributed by atoms with Crippen LogP contribution < -0.4 is 5.32 Å². The third kappa shape index (κ3) is 39.9. The Morgan fingerprint density at radius 2 is 0.704 bits per heavy atom. The van der Waals surface area contributed by atoms with Gasteiger partial charge in [-0.15, -0.1) is 0 Å². The summed E-state index contributed by atoms with van der Waals surface area (Å²) in [5.41, 5.74) is 0. The maximum absolute atomic E-state index is 13.5. The highest BCUT2D eigenvalue weighted by molar-refractivity contribution is 5.76. The number of carbonyl (C=O) groups excluding carboxylic acids is 1. The van der Waals surface area contributed by atoms with Gasteiger partial charge in [0.2, 0.25) is 5.91 Å². The maximum Gasteiger partial charge on any atom is 0.220 e. The van der Waals surface area contributed by atoms with Crippen LogP contribution >= 0.6 is 0 Å². The highest BCUT2D eigenvalue weighted by atomic mass is 16.8. The van der Waals surface area contributed by atoms with Crippen LogP contribution in [0.5, 0.6) is 0 Å². The molecule has 3 fully saturated rings. The van der Waals surface area contributed by atoms with Crippen molar-refractivity contribution < 1.29 is 89.4 Å². The molecule has 19 nitrogen and oxygen atoms in total. The van der Waals surface area contributed by atoms with Gasteiger partial charge in [-0.2, -0.15) is 0 Å². The van der Waals surface area contributed by atoms with Crippen LogP contribution in [0, 0.1) is 0 Å². The van der Waals surface area contributed by atoms with Crippen LogP contribution in [0.15, 0.2) is 60.8 Å². The fraction of sp³-hybridized carbons (Fsp3) is 0.861. The Labute approximate surface area is 592 Å². The predicted molar refractivity (Wildman–Crippen MR) is 388 cm³/mol. The van der Waals surface area contributed by atoms with Crippen LogP contribution in [0.4, 0.5) is 0 Å². The molecule has 0 aromatic rings. The number of carbonyl (C=O) groups is 1. The molecule has 1 amide bonds. The lowest BCUT2D eigenvalue weighted by molar-refractivity contribution is -0.379. The minimum absolute atomic E-state index is 0.243. The van der Waals surface area contributed by atoms with Gasteiger partial charge in [0.05, 0.1) is 38.6 Å². The molecule has 0 radical (unpaired) electrons. The molecule has 572 valence electrons. The minimum Gasteiger partial charge on any atom is -0.394 e. The first-order chi connectivity index (χ1) is 47.8. The third-order valence-corrected chi connectivity index (χ3v) is 19.6. The smallest absolute Gasteiger partial charge is 0.220 e. The zero-order chi connectivity index (χ0) is 71.1. The number of allylic oxidation sites excluding steroid dienone is 9. The van der Waals surface area contributed by atoms with E-state index < -0.39 is 124 Å². The Morgan fingerprint density at radius 1 is 0.378 bits per heavy atom. The van der Waals surface area contributed by atoms with Gasteiger partial charge in [0.25, 0.3) is 0 Å². The van der Waals surface area contributed by atoms with E-state index in [0.717, 1.165) is 70.6 Å². The summed E-state index contributed by atoms with van der Waals surface area (Å²) in [6.45, 7) is 1.66. The number of rotatable bonds is 62. The van der Waals surface area contributed by atoms with Crippen molar-refractivity contribution in [2.45, 2.75) is 407 Å². The molecule has 3 aliphatic rings. The van der Waals surface area contributed by atoms with Gasteiger partial charge in [0.15, 0.2) is 18.9 Å². The van der Waals surface area contributed by atoms with E-state index in [2.05, 4.69) is 67.8 Å². The molecule has 17 unspecified atom stereocenters. The Balaban J connectivity index is 1.38. The second kappa shape index (κ2) is 59.8. The standard InChI is InChI=1S/C79H143NO18/c1-3-5-7-9-11-13-15-17-19-21-23-25-27-29-30-31-32-33-35-37-39-41-43-45-47-49-51-53-55-57-67(85)80-62(63(84)56-54-52-50-48-46-44-42-40-38-36-34-28-26-24-22-20-18-16-14-12-10-8-6-4-2)61-93-77-73(91)70(88)75(65(59-82)95-77)98-79-74(92)71(89)76(66(60-83)96-79)97-78-72(90)69(87)68(86)64(58-81)94-78/h5,7,11,13,17,19,23,25,54,56,62-66,68-79,81-84,86-92H,3-4,6,8-10,12,14-16,18,20-22,24,26-53,55,57-61H2,1-2H3,(H,80,85)/b7-5-,13-11-,19-17-,25-23-,56-54+. The second-order valence-electron chi connectivity index (χ2n) is 28.1. The average Bonchev–Trinajstić information content (AvgIpc) is 0.784. The molecule has 3 rings (SSSR count). The number of aliphatic hydroxyl groups excluding tert-OH is 11. The van der Waals surface area contributed by atoms with Crippen LogP contribution in [0.3, 0.4) is 0 Å². The van der Waals surface area contributed by atoms with E-state index in [9.17, 15) is 61.0 Å². The monoisotopic (exact) mass is 1390 g/mol. The van der Waals surface area contributed by atoms with Crippen molar-refractivity contribution in [3.05, 3.63) is 60.8 Å². The summed E-state index contributed by atoms with van der Waals surface area (Å²) < 4.78 is 34.5. The maximum atomic E-state index is 13.5. The van der Waals surface area contributed by atoms with Gasteiger partial charge in [-0.1, -0.05) is 299 Å². The van der Waals surface area contributed by atoms with E-state index in [0.29, 0.717) is 6.42 Å². The van der Waals surface area contributed by atoms with Crippen molar-refractivity contribution in [2.24, 2.45) is 0 Å². The number of nitrogens with one attached hydrogen (secondary N) is 1. The molecule has 0 aromatic carbocycles. The predicted octanol–water partition coefficient (Wildman–Crippen LogP) is 12.7. The van der Waals surface area contributed by atoms with Gasteiger partial charge >= 0.3 is 0 Å². The number of hydrogen-bond acceptors (Lipinski definition) is 18. The molecule has 0 spiro atoms. The topological polar surface area (TPSA) is 307 Å². The van der Waals surface area contributed by atoms with E-state index >= 15 is 0 Å². The molecular formula is C79H143NO18. The molecular weight excluding hydrogens is 1250 g/mol. The molecule has 19 heteroatoms. The van der Waals surface area contributed by atoms with Crippen molar-refractivity contribution in [3.8, 4) is 0 Å². The normalized spacial score (nSPS) is 27.1. The summed E-state index contributed by atoms with van der Waals surface area (Å²) in [6.07, 6.45) is 49.1. The molecule has 17 atom stereocenters. The van der Waals surface area contributed by atoms with Crippen LogP contribution in [0.25, 0.3) is 0 Å². The summed E-state index contributed by atoms with van der Waals surface area (Å²) in [7, 11) is 0. The van der Waals surface area contributed by atoms with E-state index in [1.807, 2.05) is 6.08 Å². The zero-order valence-corrected chi connectivity index (χ0v) is 61.0. The number of ether oxygens (including phenoxy) is 6. The highest BCUT2D eigenvalue weighted by Crippen LogP contribution is 2.33. The SMILES string of the molecule is CC/C=C\C/C=C\C/C=C\C/C=C\CCCCCCCCCCCCCCCCCCC(=O)NC(COC1OC(CO)C(OC2OC(CO)C(OC3OC(CO)C(O)C(O)C3O)C(O)C2O)C(O)C1O)C(O)/C=C/CCCCCCCCCCCCCCCCCCCCCCCC. The first-order valence-corrected chi connectivity index (χ1v) is 39.5. The lowest BCUT2D eigenvalue weighted by atomic mass is 9.96. The Hall–Kier alpha value is -2.51. The van der Waals surface area contributed by atoms with Gasteiger partial charge in [0, 0.05) is 6.42 Å². The molecule has 0 aliphatic carbocycles. The van der Waals surface area contributed by atoms with Gasteiger partial charge in [-0.05, 0) is 57.8 Å². The molecule has 3 heterocycles. The summed E-state index contributed by atoms with van der Waals surface area (Å²) in [5.74, 6) is -0.273. The number of amides is 1. The molecule has 12 N–H and O–H groups in total.